The standard InChI is InChI=1S/C22H16FN5/c1-13-26-20(21-22(24)25-11-12-28(13)21)16-9-7-15-8-10-17(27-19(15)18(16)23)14-5-3-2-4-6-14/h2-12H,1H3,(H2,24,25). The number of nitrogen functional groups attached to an aromatic ring is 1. The van der Waals surface area contributed by atoms with Gasteiger partial charge in [0.05, 0.1) is 5.69 Å². The summed E-state index contributed by atoms with van der Waals surface area (Å²) >= 11 is 0. The lowest BCUT2D eigenvalue weighted by Crippen LogP contribution is -1.97. The van der Waals surface area contributed by atoms with E-state index < -0.39 is 5.82 Å². The van der Waals surface area contributed by atoms with Crippen LogP contribution in [0.2, 0.25) is 0 Å². The second-order valence-electron chi connectivity index (χ2n) is 6.60. The van der Waals surface area contributed by atoms with Gasteiger partial charge < -0.3 is 5.73 Å². The highest BCUT2D eigenvalue weighted by Gasteiger charge is 2.19. The molecule has 6 heteroatoms. The van der Waals surface area contributed by atoms with E-state index in [4.69, 9.17) is 5.73 Å². The maximum absolute atomic E-state index is 15.5. The van der Waals surface area contributed by atoms with Crippen molar-refractivity contribution < 1.29 is 4.39 Å². The number of anilines is 1. The van der Waals surface area contributed by atoms with Gasteiger partial charge in [-0.1, -0.05) is 42.5 Å². The molecule has 0 saturated heterocycles. The first-order chi connectivity index (χ1) is 13.6. The van der Waals surface area contributed by atoms with Crippen molar-refractivity contribution in [1.82, 2.24) is 19.4 Å². The molecule has 0 aliphatic carbocycles. The van der Waals surface area contributed by atoms with Crippen molar-refractivity contribution in [2.24, 2.45) is 0 Å². The number of nitrogens with two attached hydrogens (primary N) is 1. The molecule has 0 aliphatic heterocycles. The van der Waals surface area contributed by atoms with Crippen LogP contribution in [-0.4, -0.2) is 19.4 Å². The lowest BCUT2D eigenvalue weighted by Gasteiger charge is -2.08. The van der Waals surface area contributed by atoms with Crippen LogP contribution < -0.4 is 5.73 Å². The fraction of sp³-hybridized carbons (Fsp3) is 0.0455. The van der Waals surface area contributed by atoms with Crippen molar-refractivity contribution >= 4 is 22.2 Å². The molecule has 0 aliphatic rings. The van der Waals surface area contributed by atoms with E-state index in [2.05, 4.69) is 15.0 Å². The topological polar surface area (TPSA) is 69.1 Å². The van der Waals surface area contributed by atoms with Crippen molar-refractivity contribution in [2.75, 3.05) is 5.73 Å². The highest BCUT2D eigenvalue weighted by molar-refractivity contribution is 5.92. The third-order valence-electron chi connectivity index (χ3n) is 4.88. The summed E-state index contributed by atoms with van der Waals surface area (Å²) in [6.07, 6.45) is 3.37. The average Bonchev–Trinajstić information content (AvgIpc) is 3.06. The molecule has 0 saturated carbocycles. The van der Waals surface area contributed by atoms with Gasteiger partial charge in [-0.25, -0.2) is 19.3 Å². The Bertz CT molecular complexity index is 1340. The molecule has 0 spiro atoms. The summed E-state index contributed by atoms with van der Waals surface area (Å²) in [4.78, 5) is 13.3. The van der Waals surface area contributed by atoms with Gasteiger partial charge in [-0.05, 0) is 19.1 Å². The molecule has 5 nitrogen and oxygen atoms in total. The number of halogens is 1. The van der Waals surface area contributed by atoms with Crippen LogP contribution in [0.3, 0.4) is 0 Å². The molecule has 2 aromatic carbocycles. The number of aryl methyl sites for hydroxylation is 1. The van der Waals surface area contributed by atoms with Gasteiger partial charge in [-0.3, -0.25) is 4.40 Å². The highest BCUT2D eigenvalue weighted by Crippen LogP contribution is 2.33. The van der Waals surface area contributed by atoms with Crippen molar-refractivity contribution in [1.29, 1.82) is 0 Å². The van der Waals surface area contributed by atoms with Gasteiger partial charge in [0.2, 0.25) is 0 Å². The summed E-state index contributed by atoms with van der Waals surface area (Å²) < 4.78 is 17.4. The number of imidazole rings is 1. The number of pyridine rings is 1. The third-order valence-corrected chi connectivity index (χ3v) is 4.88. The SMILES string of the molecule is Cc1nc(-c2ccc3ccc(-c4ccccc4)nc3c2F)c2c(N)nccn12. The zero-order valence-electron chi connectivity index (χ0n) is 15.1. The minimum absolute atomic E-state index is 0.306. The molecule has 28 heavy (non-hydrogen) atoms. The maximum Gasteiger partial charge on any atom is 0.158 e. The normalized spacial score (nSPS) is 11.4. The molecule has 136 valence electrons. The Morgan fingerprint density at radius 1 is 0.964 bits per heavy atom. The van der Waals surface area contributed by atoms with Crippen LogP contribution in [-0.2, 0) is 0 Å². The second-order valence-corrected chi connectivity index (χ2v) is 6.60. The molecule has 0 fully saturated rings. The van der Waals surface area contributed by atoms with Gasteiger partial charge in [-0.15, -0.1) is 0 Å². The summed E-state index contributed by atoms with van der Waals surface area (Å²) in [5.74, 6) is 0.603. The lowest BCUT2D eigenvalue weighted by atomic mass is 10.0. The first-order valence-electron chi connectivity index (χ1n) is 8.87. The minimum atomic E-state index is -0.418. The van der Waals surface area contributed by atoms with Gasteiger partial charge in [0.15, 0.2) is 5.82 Å². The second kappa shape index (κ2) is 6.13. The molecule has 3 heterocycles. The summed E-state index contributed by atoms with van der Waals surface area (Å²) in [5.41, 5.74) is 9.44. The molecular formula is C22H16FN5. The fourth-order valence-electron chi connectivity index (χ4n) is 3.51. The Morgan fingerprint density at radius 2 is 1.75 bits per heavy atom. The van der Waals surface area contributed by atoms with Crippen LogP contribution >= 0.6 is 0 Å². The first kappa shape index (κ1) is 16.4. The fourth-order valence-corrected chi connectivity index (χ4v) is 3.51. The van der Waals surface area contributed by atoms with Crippen LogP contribution in [0.4, 0.5) is 10.2 Å². The van der Waals surface area contributed by atoms with E-state index in [1.807, 2.05) is 59.9 Å². The predicted molar refractivity (Wildman–Crippen MR) is 108 cm³/mol. The molecule has 2 N–H and O–H groups in total. The number of hydrogen-bond donors (Lipinski definition) is 1. The Kier molecular flexibility index (Phi) is 3.58. The van der Waals surface area contributed by atoms with E-state index >= 15 is 4.39 Å². The molecule has 5 aromatic rings. The number of fused-ring (bicyclic) bond motifs is 2. The lowest BCUT2D eigenvalue weighted by molar-refractivity contribution is 0.640. The Balaban J connectivity index is 1.77. The van der Waals surface area contributed by atoms with Gasteiger partial charge in [0.25, 0.3) is 0 Å². The molecular weight excluding hydrogens is 353 g/mol. The zero-order valence-corrected chi connectivity index (χ0v) is 15.1. The van der Waals surface area contributed by atoms with E-state index in [9.17, 15) is 0 Å². The van der Waals surface area contributed by atoms with Crippen molar-refractivity contribution in [2.45, 2.75) is 6.92 Å². The Labute approximate surface area is 160 Å². The first-order valence-corrected chi connectivity index (χ1v) is 8.87. The van der Waals surface area contributed by atoms with Gasteiger partial charge >= 0.3 is 0 Å². The quantitative estimate of drug-likeness (QED) is 0.492. The van der Waals surface area contributed by atoms with E-state index in [-0.39, 0.29) is 0 Å². The minimum Gasteiger partial charge on any atom is -0.382 e. The van der Waals surface area contributed by atoms with Gasteiger partial charge in [0, 0.05) is 28.9 Å². The van der Waals surface area contributed by atoms with Crippen LogP contribution in [0.25, 0.3) is 38.9 Å². The summed E-state index contributed by atoms with van der Waals surface area (Å²) in [6.45, 7) is 1.85. The number of aromatic nitrogens is 4. The third kappa shape index (κ3) is 2.42. The molecule has 5 rings (SSSR count). The molecule has 0 unspecified atom stereocenters. The van der Waals surface area contributed by atoms with E-state index in [1.165, 1.54) is 0 Å². The molecule has 0 atom stereocenters. The van der Waals surface area contributed by atoms with Gasteiger partial charge in [-0.2, -0.15) is 0 Å². The predicted octanol–water partition coefficient (Wildman–Crippen LogP) is 4.64. The van der Waals surface area contributed by atoms with Crippen LogP contribution in [0, 0.1) is 12.7 Å². The van der Waals surface area contributed by atoms with Crippen molar-refractivity contribution in [3.8, 4) is 22.5 Å². The van der Waals surface area contributed by atoms with Crippen molar-refractivity contribution in [3.63, 3.8) is 0 Å². The van der Waals surface area contributed by atoms with Crippen molar-refractivity contribution in [3.05, 3.63) is 78.6 Å². The Hall–Kier alpha value is -3.80. The van der Waals surface area contributed by atoms with Crippen LogP contribution in [0.5, 0.6) is 0 Å². The molecule has 0 amide bonds. The van der Waals surface area contributed by atoms with E-state index in [0.717, 1.165) is 16.6 Å². The number of rotatable bonds is 2. The number of benzene rings is 2. The zero-order chi connectivity index (χ0) is 19.3. The molecule has 0 radical (unpaired) electrons. The number of nitrogens with zero attached hydrogens (tertiary/aromatic N) is 4. The molecule has 0 bridgehead atoms. The Morgan fingerprint density at radius 3 is 2.57 bits per heavy atom. The van der Waals surface area contributed by atoms with E-state index in [0.29, 0.717) is 33.9 Å². The summed E-state index contributed by atoms with van der Waals surface area (Å²) in [5, 5.41) is 0.729. The average molecular weight is 369 g/mol. The summed E-state index contributed by atoms with van der Waals surface area (Å²) in [6, 6.07) is 17.1. The maximum atomic E-state index is 15.5. The number of hydrogen-bond acceptors (Lipinski definition) is 4. The van der Waals surface area contributed by atoms with E-state index in [1.54, 1.807) is 18.5 Å². The smallest absolute Gasteiger partial charge is 0.158 e. The monoisotopic (exact) mass is 369 g/mol. The van der Waals surface area contributed by atoms with Crippen LogP contribution in [0.1, 0.15) is 5.82 Å². The molecule has 3 aromatic heterocycles. The highest BCUT2D eigenvalue weighted by atomic mass is 19.1. The summed E-state index contributed by atoms with van der Waals surface area (Å²) in [7, 11) is 0. The van der Waals surface area contributed by atoms with Gasteiger partial charge in [0.1, 0.15) is 28.4 Å². The largest absolute Gasteiger partial charge is 0.382 e. The van der Waals surface area contributed by atoms with Crippen LogP contribution in [0.15, 0.2) is 67.0 Å².